The van der Waals surface area contributed by atoms with Gasteiger partial charge in [-0.2, -0.15) is 0 Å². The summed E-state index contributed by atoms with van der Waals surface area (Å²) in [6.07, 6.45) is 0.678. The lowest BCUT2D eigenvalue weighted by Crippen LogP contribution is -2.38. The molecule has 0 aromatic carbocycles. The number of rotatable bonds is 4. The van der Waals surface area contributed by atoms with Crippen LogP contribution in [-0.4, -0.2) is 23.7 Å². The summed E-state index contributed by atoms with van der Waals surface area (Å²) in [5, 5.41) is 6.60. The van der Waals surface area contributed by atoms with Gasteiger partial charge < -0.3 is 15.6 Å². The molecule has 3 N–H and O–H groups in total. The molecule has 1 heterocycles. The van der Waals surface area contributed by atoms with Gasteiger partial charge in [-0.25, -0.2) is 0 Å². The smallest absolute Gasteiger partial charge is 0.257 e. The number of nitrogens with zero attached hydrogens (tertiary/aromatic N) is 1. The number of carbonyl (C=O) groups excluding carboxylic acids is 1. The Labute approximate surface area is 89.0 Å². The minimum Gasteiger partial charge on any atom is -0.361 e. The largest absolute Gasteiger partial charge is 0.361 e. The molecule has 1 aromatic heterocycles. The van der Waals surface area contributed by atoms with Crippen molar-refractivity contribution in [3.63, 3.8) is 0 Å². The molecule has 84 valence electrons. The molecule has 5 heteroatoms. The molecule has 15 heavy (non-hydrogen) atoms. The number of nitrogens with one attached hydrogen (secondary N) is 1. The highest BCUT2D eigenvalue weighted by Gasteiger charge is 2.19. The van der Waals surface area contributed by atoms with E-state index in [-0.39, 0.29) is 11.9 Å². The fourth-order valence-corrected chi connectivity index (χ4v) is 1.31. The lowest BCUT2D eigenvalue weighted by Gasteiger charge is -2.10. The predicted molar refractivity (Wildman–Crippen MR) is 56.6 cm³/mol. The molecule has 0 fully saturated rings. The Morgan fingerprint density at radius 1 is 1.67 bits per heavy atom. The van der Waals surface area contributed by atoms with Crippen molar-refractivity contribution in [1.82, 2.24) is 10.5 Å². The first-order chi connectivity index (χ1) is 7.10. The van der Waals surface area contributed by atoms with Crippen molar-refractivity contribution in [1.29, 1.82) is 0 Å². The van der Waals surface area contributed by atoms with Crippen molar-refractivity contribution < 1.29 is 9.32 Å². The van der Waals surface area contributed by atoms with Crippen LogP contribution in [0.3, 0.4) is 0 Å². The molecule has 0 saturated carbocycles. The summed E-state index contributed by atoms with van der Waals surface area (Å²) in [6.45, 7) is 5.93. The number of nitrogens with two attached hydrogens (primary N) is 1. The maximum absolute atomic E-state index is 11.8. The summed E-state index contributed by atoms with van der Waals surface area (Å²) >= 11 is 0. The molecule has 5 nitrogen and oxygen atoms in total. The first kappa shape index (κ1) is 11.7. The number of carbonyl (C=O) groups is 1. The van der Waals surface area contributed by atoms with Gasteiger partial charge in [-0.3, -0.25) is 4.79 Å². The van der Waals surface area contributed by atoms with E-state index < -0.39 is 0 Å². The van der Waals surface area contributed by atoms with E-state index >= 15 is 0 Å². The maximum atomic E-state index is 11.8. The van der Waals surface area contributed by atoms with Gasteiger partial charge in [0.2, 0.25) is 0 Å². The lowest BCUT2D eigenvalue weighted by atomic mass is 10.1. The molecule has 1 amide bonds. The highest BCUT2D eigenvalue weighted by molar-refractivity contribution is 5.96. The second kappa shape index (κ2) is 4.93. The zero-order chi connectivity index (χ0) is 11.4. The normalized spacial score (nSPS) is 12.5. The molecule has 0 saturated heterocycles. The van der Waals surface area contributed by atoms with Gasteiger partial charge in [0.1, 0.15) is 11.3 Å². The van der Waals surface area contributed by atoms with Crippen LogP contribution < -0.4 is 11.1 Å². The third-order valence-corrected chi connectivity index (χ3v) is 2.23. The van der Waals surface area contributed by atoms with Gasteiger partial charge in [0.15, 0.2) is 0 Å². The quantitative estimate of drug-likeness (QED) is 0.765. The van der Waals surface area contributed by atoms with Crippen molar-refractivity contribution >= 4 is 5.91 Å². The van der Waals surface area contributed by atoms with Crippen molar-refractivity contribution in [3.05, 3.63) is 17.0 Å². The van der Waals surface area contributed by atoms with E-state index in [9.17, 15) is 4.79 Å². The molecule has 0 radical (unpaired) electrons. The van der Waals surface area contributed by atoms with E-state index in [1.165, 1.54) is 0 Å². The summed E-state index contributed by atoms with van der Waals surface area (Å²) < 4.78 is 4.98. The third-order valence-electron chi connectivity index (χ3n) is 2.23. The molecule has 0 spiro atoms. The number of aromatic nitrogens is 1. The number of aryl methyl sites for hydroxylation is 2. The molecular weight excluding hydrogens is 194 g/mol. The molecular formula is C10H17N3O2. The van der Waals surface area contributed by atoms with Crippen molar-refractivity contribution in [2.45, 2.75) is 33.2 Å². The van der Waals surface area contributed by atoms with Crippen LogP contribution in [0.15, 0.2) is 4.52 Å². The maximum Gasteiger partial charge on any atom is 0.257 e. The topological polar surface area (TPSA) is 81.2 Å². The molecule has 1 aromatic rings. The van der Waals surface area contributed by atoms with Crippen LogP contribution in [0, 0.1) is 6.92 Å². The summed E-state index contributed by atoms with van der Waals surface area (Å²) in [4.78, 5) is 11.8. The minimum absolute atomic E-state index is 0.0449. The minimum atomic E-state index is -0.163. The van der Waals surface area contributed by atoms with Gasteiger partial charge >= 0.3 is 0 Å². The van der Waals surface area contributed by atoms with Gasteiger partial charge in [-0.05, 0) is 20.3 Å². The van der Waals surface area contributed by atoms with Gasteiger partial charge in [-0.15, -0.1) is 0 Å². The monoisotopic (exact) mass is 211 g/mol. The van der Waals surface area contributed by atoms with Crippen molar-refractivity contribution in [2.75, 3.05) is 6.54 Å². The van der Waals surface area contributed by atoms with Gasteiger partial charge in [0, 0.05) is 12.6 Å². The first-order valence-electron chi connectivity index (χ1n) is 5.06. The van der Waals surface area contributed by atoms with Gasteiger partial charge in [0.05, 0.1) is 5.69 Å². The number of amides is 1. The standard InChI is InChI=1S/C10H17N3O2/c1-4-8-9(7(3)15-13-8)10(14)12-6(2)5-11/h6H,4-5,11H2,1-3H3,(H,12,14)/t6-/m1/s1. The second-order valence-electron chi connectivity index (χ2n) is 3.52. The van der Waals surface area contributed by atoms with E-state index in [1.807, 2.05) is 13.8 Å². The molecule has 0 aliphatic rings. The van der Waals surface area contributed by atoms with E-state index in [2.05, 4.69) is 10.5 Å². The average Bonchev–Trinajstić information content (AvgIpc) is 2.59. The van der Waals surface area contributed by atoms with Crippen LogP contribution in [0.4, 0.5) is 0 Å². The van der Waals surface area contributed by atoms with Crippen LogP contribution in [0.25, 0.3) is 0 Å². The Balaban J connectivity index is 2.85. The number of hydrogen-bond acceptors (Lipinski definition) is 4. The van der Waals surface area contributed by atoms with Crippen LogP contribution in [0.5, 0.6) is 0 Å². The molecule has 0 bridgehead atoms. The number of hydrogen-bond donors (Lipinski definition) is 2. The zero-order valence-electron chi connectivity index (χ0n) is 9.33. The van der Waals surface area contributed by atoms with E-state index in [1.54, 1.807) is 6.92 Å². The van der Waals surface area contributed by atoms with Crippen LogP contribution in [0.2, 0.25) is 0 Å². The van der Waals surface area contributed by atoms with E-state index in [4.69, 9.17) is 10.3 Å². The average molecular weight is 211 g/mol. The van der Waals surface area contributed by atoms with Crippen molar-refractivity contribution in [3.8, 4) is 0 Å². The van der Waals surface area contributed by atoms with Gasteiger partial charge in [0.25, 0.3) is 5.91 Å². The SMILES string of the molecule is CCc1noc(C)c1C(=O)N[C@H](C)CN. The van der Waals surface area contributed by atoms with Gasteiger partial charge in [-0.1, -0.05) is 12.1 Å². The Morgan fingerprint density at radius 2 is 2.33 bits per heavy atom. The van der Waals surface area contributed by atoms with Crippen LogP contribution in [0.1, 0.15) is 35.7 Å². The van der Waals surface area contributed by atoms with Crippen LogP contribution in [-0.2, 0) is 6.42 Å². The molecule has 0 unspecified atom stereocenters. The summed E-state index contributed by atoms with van der Waals surface area (Å²) in [5.41, 5.74) is 6.66. The summed E-state index contributed by atoms with van der Waals surface area (Å²) in [5.74, 6) is 0.386. The van der Waals surface area contributed by atoms with Crippen LogP contribution >= 0.6 is 0 Å². The Bertz CT molecular complexity index is 346. The van der Waals surface area contributed by atoms with Crippen molar-refractivity contribution in [2.24, 2.45) is 5.73 Å². The third kappa shape index (κ3) is 2.56. The van der Waals surface area contributed by atoms with E-state index in [0.717, 1.165) is 0 Å². The first-order valence-corrected chi connectivity index (χ1v) is 5.06. The Morgan fingerprint density at radius 3 is 2.87 bits per heavy atom. The molecule has 1 atom stereocenters. The summed E-state index contributed by atoms with van der Waals surface area (Å²) in [7, 11) is 0. The Kier molecular flexibility index (Phi) is 3.85. The lowest BCUT2D eigenvalue weighted by molar-refractivity contribution is 0.0939. The summed E-state index contributed by atoms with van der Waals surface area (Å²) in [6, 6.07) is -0.0449. The molecule has 1 rings (SSSR count). The molecule has 0 aliphatic carbocycles. The van der Waals surface area contributed by atoms with E-state index in [0.29, 0.717) is 30.0 Å². The fraction of sp³-hybridized carbons (Fsp3) is 0.600. The highest BCUT2D eigenvalue weighted by Crippen LogP contribution is 2.13. The predicted octanol–water partition coefficient (Wildman–Crippen LogP) is 0.622. The molecule has 0 aliphatic heterocycles. The highest BCUT2D eigenvalue weighted by atomic mass is 16.5. The second-order valence-corrected chi connectivity index (χ2v) is 3.52. The zero-order valence-corrected chi connectivity index (χ0v) is 9.33. The Hall–Kier alpha value is -1.36. The fourth-order valence-electron chi connectivity index (χ4n) is 1.31.